The molecule has 0 fully saturated rings. The maximum Gasteiger partial charge on any atom is 0.186 e. The van der Waals surface area contributed by atoms with Crippen LogP contribution in [0.25, 0.3) is 11.0 Å². The highest BCUT2D eigenvalue weighted by Crippen LogP contribution is 2.19. The predicted molar refractivity (Wildman–Crippen MR) is 69.7 cm³/mol. The van der Waals surface area contributed by atoms with E-state index < -0.39 is 11.6 Å². The number of H-pyrrole nitrogens is 1. The molecular formula is C14H11F2N3. The standard InChI is InChI=1S/C14H11F2N3/c15-10-5-6-11-14(13(10)16)19-12(18-11)7-8-1-3-9(17)4-2-8/h1-6H,7,17H2,(H,18,19). The predicted octanol–water partition coefficient (Wildman–Crippen LogP) is 3.01. The number of aromatic amines is 1. The van der Waals surface area contributed by atoms with Gasteiger partial charge in [0.25, 0.3) is 0 Å². The van der Waals surface area contributed by atoms with Crippen molar-refractivity contribution in [2.75, 3.05) is 5.73 Å². The van der Waals surface area contributed by atoms with Crippen LogP contribution in [0.2, 0.25) is 0 Å². The van der Waals surface area contributed by atoms with Crippen molar-refractivity contribution < 1.29 is 8.78 Å². The molecule has 3 nitrogen and oxygen atoms in total. The van der Waals surface area contributed by atoms with Crippen molar-refractivity contribution in [3.8, 4) is 0 Å². The maximum absolute atomic E-state index is 13.5. The lowest BCUT2D eigenvalue weighted by Crippen LogP contribution is -1.91. The van der Waals surface area contributed by atoms with E-state index in [9.17, 15) is 8.78 Å². The molecule has 0 radical (unpaired) electrons. The molecule has 3 N–H and O–H groups in total. The van der Waals surface area contributed by atoms with Gasteiger partial charge in [0.2, 0.25) is 0 Å². The lowest BCUT2D eigenvalue weighted by molar-refractivity contribution is 0.515. The number of nitrogens with two attached hydrogens (primary N) is 1. The number of hydrogen-bond acceptors (Lipinski definition) is 2. The number of anilines is 1. The van der Waals surface area contributed by atoms with E-state index >= 15 is 0 Å². The van der Waals surface area contributed by atoms with Gasteiger partial charge in [-0.25, -0.2) is 13.8 Å². The van der Waals surface area contributed by atoms with Gasteiger partial charge < -0.3 is 10.7 Å². The first-order valence-corrected chi connectivity index (χ1v) is 5.80. The molecule has 19 heavy (non-hydrogen) atoms. The van der Waals surface area contributed by atoms with Crippen LogP contribution in [-0.2, 0) is 6.42 Å². The molecule has 0 unspecified atom stereocenters. The number of nitrogens with zero attached hydrogens (tertiary/aromatic N) is 1. The molecular weight excluding hydrogens is 248 g/mol. The topological polar surface area (TPSA) is 54.7 Å². The largest absolute Gasteiger partial charge is 0.399 e. The molecule has 5 heteroatoms. The molecule has 0 amide bonds. The lowest BCUT2D eigenvalue weighted by atomic mass is 10.1. The summed E-state index contributed by atoms with van der Waals surface area (Å²) in [6, 6.07) is 9.89. The zero-order valence-electron chi connectivity index (χ0n) is 9.95. The minimum Gasteiger partial charge on any atom is -0.399 e. The first-order valence-electron chi connectivity index (χ1n) is 5.80. The third-order valence-electron chi connectivity index (χ3n) is 2.95. The van der Waals surface area contributed by atoms with E-state index in [1.165, 1.54) is 6.07 Å². The summed E-state index contributed by atoms with van der Waals surface area (Å²) in [5.41, 5.74) is 7.80. The Morgan fingerprint density at radius 3 is 2.53 bits per heavy atom. The SMILES string of the molecule is Nc1ccc(Cc2nc3c(F)c(F)ccc3[nH]2)cc1. The highest BCUT2D eigenvalue weighted by molar-refractivity contribution is 5.75. The minimum atomic E-state index is -0.919. The molecule has 1 aromatic heterocycles. The molecule has 0 aliphatic heterocycles. The van der Waals surface area contributed by atoms with Crippen LogP contribution in [0.15, 0.2) is 36.4 Å². The van der Waals surface area contributed by atoms with Crippen LogP contribution in [0.5, 0.6) is 0 Å². The van der Waals surface area contributed by atoms with E-state index in [0.29, 0.717) is 23.4 Å². The minimum absolute atomic E-state index is 0.0328. The third kappa shape index (κ3) is 2.14. The van der Waals surface area contributed by atoms with Gasteiger partial charge in [-0.2, -0.15) is 0 Å². The van der Waals surface area contributed by atoms with Crippen LogP contribution in [0.3, 0.4) is 0 Å². The Hall–Kier alpha value is -2.43. The number of fused-ring (bicyclic) bond motifs is 1. The molecule has 2 aromatic carbocycles. The van der Waals surface area contributed by atoms with Gasteiger partial charge in [0.1, 0.15) is 11.3 Å². The average molecular weight is 259 g/mol. The Bertz CT molecular complexity index is 732. The molecule has 3 aromatic rings. The summed E-state index contributed by atoms with van der Waals surface area (Å²) in [5.74, 6) is -1.22. The first-order chi connectivity index (χ1) is 9.13. The van der Waals surface area contributed by atoms with Crippen LogP contribution in [-0.4, -0.2) is 9.97 Å². The first kappa shape index (κ1) is 11.6. The Labute approximate surface area is 108 Å². The Morgan fingerprint density at radius 2 is 1.79 bits per heavy atom. The van der Waals surface area contributed by atoms with Crippen LogP contribution in [0, 0.1) is 11.6 Å². The van der Waals surface area contributed by atoms with Gasteiger partial charge in [0.15, 0.2) is 11.6 Å². The zero-order chi connectivity index (χ0) is 13.4. The molecule has 0 atom stereocenters. The van der Waals surface area contributed by atoms with Gasteiger partial charge in [-0.3, -0.25) is 0 Å². The Balaban J connectivity index is 1.97. The highest BCUT2D eigenvalue weighted by Gasteiger charge is 2.11. The Morgan fingerprint density at radius 1 is 1.05 bits per heavy atom. The highest BCUT2D eigenvalue weighted by atomic mass is 19.2. The van der Waals surface area contributed by atoms with Crippen LogP contribution < -0.4 is 5.73 Å². The van der Waals surface area contributed by atoms with E-state index in [2.05, 4.69) is 9.97 Å². The van der Waals surface area contributed by atoms with Crippen molar-refractivity contribution in [3.63, 3.8) is 0 Å². The summed E-state index contributed by atoms with van der Waals surface area (Å²) in [7, 11) is 0. The van der Waals surface area contributed by atoms with Crippen molar-refractivity contribution in [2.24, 2.45) is 0 Å². The summed E-state index contributed by atoms with van der Waals surface area (Å²) in [6.45, 7) is 0. The number of aromatic nitrogens is 2. The number of rotatable bonds is 2. The molecule has 0 saturated heterocycles. The molecule has 0 aliphatic rings. The van der Waals surface area contributed by atoms with Crippen LogP contribution in [0.4, 0.5) is 14.5 Å². The fourth-order valence-corrected chi connectivity index (χ4v) is 1.98. The van der Waals surface area contributed by atoms with E-state index in [1.807, 2.05) is 12.1 Å². The molecule has 0 bridgehead atoms. The van der Waals surface area contributed by atoms with Crippen molar-refractivity contribution in [1.82, 2.24) is 9.97 Å². The van der Waals surface area contributed by atoms with Crippen LogP contribution in [0.1, 0.15) is 11.4 Å². The smallest absolute Gasteiger partial charge is 0.186 e. The second-order valence-corrected chi connectivity index (χ2v) is 4.36. The fraction of sp³-hybridized carbons (Fsp3) is 0.0714. The van der Waals surface area contributed by atoms with Crippen molar-refractivity contribution in [2.45, 2.75) is 6.42 Å². The molecule has 1 heterocycles. The number of halogens is 2. The van der Waals surface area contributed by atoms with Gasteiger partial charge in [-0.15, -0.1) is 0 Å². The van der Waals surface area contributed by atoms with Gasteiger partial charge in [-0.1, -0.05) is 12.1 Å². The monoisotopic (exact) mass is 259 g/mol. The van der Waals surface area contributed by atoms with E-state index in [0.717, 1.165) is 11.6 Å². The fourth-order valence-electron chi connectivity index (χ4n) is 1.98. The summed E-state index contributed by atoms with van der Waals surface area (Å²) in [5, 5.41) is 0. The van der Waals surface area contributed by atoms with Gasteiger partial charge in [-0.05, 0) is 29.8 Å². The lowest BCUT2D eigenvalue weighted by Gasteiger charge is -1.98. The van der Waals surface area contributed by atoms with Gasteiger partial charge in [0, 0.05) is 12.1 Å². The number of benzene rings is 2. The molecule has 0 aliphatic carbocycles. The second-order valence-electron chi connectivity index (χ2n) is 4.36. The molecule has 3 rings (SSSR count). The number of hydrogen-bond donors (Lipinski definition) is 2. The number of nitrogen functional groups attached to an aromatic ring is 1. The zero-order valence-corrected chi connectivity index (χ0v) is 9.95. The van der Waals surface area contributed by atoms with Crippen LogP contribution >= 0.6 is 0 Å². The third-order valence-corrected chi connectivity index (χ3v) is 2.95. The van der Waals surface area contributed by atoms with E-state index in [4.69, 9.17) is 5.73 Å². The molecule has 96 valence electrons. The van der Waals surface area contributed by atoms with Crippen molar-refractivity contribution >= 4 is 16.7 Å². The van der Waals surface area contributed by atoms with Crippen molar-refractivity contribution in [3.05, 3.63) is 59.4 Å². The molecule has 0 saturated carbocycles. The molecule has 0 spiro atoms. The number of imidazole rings is 1. The maximum atomic E-state index is 13.5. The average Bonchev–Trinajstić information content (AvgIpc) is 2.80. The van der Waals surface area contributed by atoms with Gasteiger partial charge in [0.05, 0.1) is 5.52 Å². The Kier molecular flexibility index (Phi) is 2.67. The van der Waals surface area contributed by atoms with E-state index in [-0.39, 0.29) is 5.52 Å². The summed E-state index contributed by atoms with van der Waals surface area (Å²) in [6.07, 6.45) is 0.510. The summed E-state index contributed by atoms with van der Waals surface area (Å²) in [4.78, 5) is 7.07. The summed E-state index contributed by atoms with van der Waals surface area (Å²) < 4.78 is 26.6. The van der Waals surface area contributed by atoms with E-state index in [1.54, 1.807) is 12.1 Å². The second kappa shape index (κ2) is 4.35. The quantitative estimate of drug-likeness (QED) is 0.695. The van der Waals surface area contributed by atoms with Crippen molar-refractivity contribution in [1.29, 1.82) is 0 Å². The summed E-state index contributed by atoms with van der Waals surface area (Å²) >= 11 is 0. The van der Waals surface area contributed by atoms with Gasteiger partial charge >= 0.3 is 0 Å². The normalized spacial score (nSPS) is 11.1. The number of nitrogens with one attached hydrogen (secondary N) is 1.